The molecule has 0 radical (unpaired) electrons. The molecule has 0 aliphatic carbocycles. The number of nitrogen functional groups attached to an aromatic ring is 1. The number of methoxy groups -OCH3 is 1. The van der Waals surface area contributed by atoms with Gasteiger partial charge < -0.3 is 10.5 Å². The van der Waals surface area contributed by atoms with E-state index in [1.54, 1.807) is 6.20 Å². The Hall–Kier alpha value is -1.10. The molecule has 1 aromatic heterocycles. The highest BCUT2D eigenvalue weighted by Gasteiger charge is 2.09. The molecule has 0 atom stereocenters. The fourth-order valence-electron chi connectivity index (χ4n) is 0.833. The number of halogens is 1. The minimum atomic E-state index is -0.0406. The molecular weight excluding hydrogens is 222 g/mol. The molecular formula is C7H8BrN3O. The van der Waals surface area contributed by atoms with Gasteiger partial charge >= 0.3 is 0 Å². The Balaban J connectivity index is 3.29. The quantitative estimate of drug-likeness (QED) is 0.591. The van der Waals surface area contributed by atoms with Crippen LogP contribution in [0.2, 0.25) is 0 Å². The van der Waals surface area contributed by atoms with Crippen LogP contribution in [0.5, 0.6) is 5.75 Å². The fourth-order valence-corrected chi connectivity index (χ4v) is 1.36. The van der Waals surface area contributed by atoms with Crippen LogP contribution in [0, 0.1) is 5.41 Å². The summed E-state index contributed by atoms with van der Waals surface area (Å²) in [5, 5.41) is 7.26. The Morgan fingerprint density at radius 2 is 2.33 bits per heavy atom. The van der Waals surface area contributed by atoms with Gasteiger partial charge in [-0.1, -0.05) is 0 Å². The number of aromatic nitrogens is 1. The zero-order valence-electron chi connectivity index (χ0n) is 6.47. The van der Waals surface area contributed by atoms with Crippen LogP contribution in [0.4, 0.5) is 0 Å². The van der Waals surface area contributed by atoms with Crippen molar-refractivity contribution in [3.05, 3.63) is 22.4 Å². The Morgan fingerprint density at radius 1 is 1.67 bits per heavy atom. The van der Waals surface area contributed by atoms with E-state index in [1.165, 1.54) is 13.3 Å². The van der Waals surface area contributed by atoms with Gasteiger partial charge in [-0.05, 0) is 15.9 Å². The van der Waals surface area contributed by atoms with Crippen molar-refractivity contribution in [1.29, 1.82) is 5.41 Å². The Labute approximate surface area is 78.4 Å². The Kier molecular flexibility index (Phi) is 2.65. The molecule has 3 N–H and O–H groups in total. The second-order valence-electron chi connectivity index (χ2n) is 2.11. The number of ether oxygens (including phenoxy) is 1. The second-order valence-corrected chi connectivity index (χ2v) is 2.97. The van der Waals surface area contributed by atoms with Gasteiger partial charge in [0, 0.05) is 6.20 Å². The molecule has 0 bridgehead atoms. The topological polar surface area (TPSA) is 72.0 Å². The number of pyridine rings is 1. The van der Waals surface area contributed by atoms with Gasteiger partial charge in [0.1, 0.15) is 11.6 Å². The highest BCUT2D eigenvalue weighted by molar-refractivity contribution is 9.10. The highest BCUT2D eigenvalue weighted by Crippen LogP contribution is 2.23. The third-order valence-corrected chi connectivity index (χ3v) is 1.96. The lowest BCUT2D eigenvalue weighted by Gasteiger charge is -2.06. The van der Waals surface area contributed by atoms with Crippen LogP contribution in [0.1, 0.15) is 5.56 Å². The van der Waals surface area contributed by atoms with E-state index in [-0.39, 0.29) is 5.84 Å². The molecule has 0 saturated heterocycles. The molecule has 1 aromatic rings. The number of hydrogen-bond acceptors (Lipinski definition) is 3. The van der Waals surface area contributed by atoms with Gasteiger partial charge in [-0.3, -0.25) is 10.4 Å². The van der Waals surface area contributed by atoms with Gasteiger partial charge in [-0.15, -0.1) is 0 Å². The Bertz CT molecular complexity index is 314. The summed E-state index contributed by atoms with van der Waals surface area (Å²) < 4.78 is 5.64. The molecule has 0 amide bonds. The maximum absolute atomic E-state index is 7.26. The average molecular weight is 230 g/mol. The molecule has 0 unspecified atom stereocenters. The summed E-state index contributed by atoms with van der Waals surface area (Å²) in [5.74, 6) is 0.456. The number of hydrogen-bond donors (Lipinski definition) is 2. The van der Waals surface area contributed by atoms with E-state index in [0.29, 0.717) is 15.8 Å². The van der Waals surface area contributed by atoms with E-state index in [4.69, 9.17) is 15.9 Å². The van der Waals surface area contributed by atoms with Crippen LogP contribution in [0.15, 0.2) is 16.9 Å². The molecule has 1 rings (SSSR count). The fraction of sp³-hybridized carbons (Fsp3) is 0.143. The first-order chi connectivity index (χ1) is 5.66. The molecule has 1 heterocycles. The maximum Gasteiger partial charge on any atom is 0.149 e. The third-order valence-electron chi connectivity index (χ3n) is 1.35. The van der Waals surface area contributed by atoms with Crippen molar-refractivity contribution >= 4 is 21.8 Å². The molecule has 0 aromatic carbocycles. The number of rotatable bonds is 2. The molecule has 0 aliphatic rings. The maximum atomic E-state index is 7.26. The van der Waals surface area contributed by atoms with Gasteiger partial charge in [0.15, 0.2) is 0 Å². The standard InChI is InChI=1S/C7H8BrN3O/c1-12-5-3-11-2-4(8)6(5)7(9)10/h2-3H,1H3,(H3,9,10). The van der Waals surface area contributed by atoms with Crippen molar-refractivity contribution in [3.8, 4) is 5.75 Å². The first-order valence-electron chi connectivity index (χ1n) is 3.18. The van der Waals surface area contributed by atoms with E-state index >= 15 is 0 Å². The molecule has 12 heavy (non-hydrogen) atoms. The van der Waals surface area contributed by atoms with Crippen molar-refractivity contribution in [2.24, 2.45) is 5.73 Å². The molecule has 0 aliphatic heterocycles. The van der Waals surface area contributed by atoms with E-state index in [0.717, 1.165) is 0 Å². The monoisotopic (exact) mass is 229 g/mol. The van der Waals surface area contributed by atoms with E-state index < -0.39 is 0 Å². The van der Waals surface area contributed by atoms with Crippen LogP contribution in [-0.2, 0) is 0 Å². The predicted molar refractivity (Wildman–Crippen MR) is 49.5 cm³/mol. The van der Waals surface area contributed by atoms with Crippen LogP contribution in [0.3, 0.4) is 0 Å². The first-order valence-corrected chi connectivity index (χ1v) is 3.98. The van der Waals surface area contributed by atoms with Gasteiger partial charge in [0.05, 0.1) is 23.3 Å². The minimum absolute atomic E-state index is 0.0406. The van der Waals surface area contributed by atoms with Crippen LogP contribution in [-0.4, -0.2) is 17.9 Å². The predicted octanol–water partition coefficient (Wildman–Crippen LogP) is 1.14. The lowest BCUT2D eigenvalue weighted by atomic mass is 10.2. The molecule has 0 fully saturated rings. The van der Waals surface area contributed by atoms with Crippen molar-refractivity contribution in [2.45, 2.75) is 0 Å². The molecule has 0 saturated carbocycles. The SMILES string of the molecule is COc1cncc(Br)c1C(=N)N. The van der Waals surface area contributed by atoms with Crippen molar-refractivity contribution in [1.82, 2.24) is 4.98 Å². The van der Waals surface area contributed by atoms with E-state index in [1.807, 2.05) is 0 Å². The summed E-state index contributed by atoms with van der Waals surface area (Å²) in [5.41, 5.74) is 5.87. The summed E-state index contributed by atoms with van der Waals surface area (Å²) in [4.78, 5) is 3.87. The molecule has 4 nitrogen and oxygen atoms in total. The molecule has 0 spiro atoms. The normalized spacial score (nSPS) is 9.50. The smallest absolute Gasteiger partial charge is 0.149 e. The first kappa shape index (κ1) is 8.99. The number of nitrogens with two attached hydrogens (primary N) is 1. The van der Waals surface area contributed by atoms with Gasteiger partial charge in [0.2, 0.25) is 0 Å². The lowest BCUT2D eigenvalue weighted by Crippen LogP contribution is -2.13. The van der Waals surface area contributed by atoms with E-state index in [2.05, 4.69) is 20.9 Å². The minimum Gasteiger partial charge on any atom is -0.494 e. The second kappa shape index (κ2) is 3.53. The largest absolute Gasteiger partial charge is 0.494 e. The highest BCUT2D eigenvalue weighted by atomic mass is 79.9. The van der Waals surface area contributed by atoms with Crippen LogP contribution < -0.4 is 10.5 Å². The number of nitrogens with one attached hydrogen (secondary N) is 1. The van der Waals surface area contributed by atoms with E-state index in [9.17, 15) is 0 Å². The summed E-state index contributed by atoms with van der Waals surface area (Å²) in [6.07, 6.45) is 3.08. The van der Waals surface area contributed by atoms with Crippen molar-refractivity contribution < 1.29 is 4.74 Å². The number of nitrogens with zero attached hydrogens (tertiary/aromatic N) is 1. The summed E-state index contributed by atoms with van der Waals surface area (Å²) in [6.45, 7) is 0. The zero-order chi connectivity index (χ0) is 9.14. The number of amidine groups is 1. The van der Waals surface area contributed by atoms with Gasteiger partial charge in [0.25, 0.3) is 0 Å². The van der Waals surface area contributed by atoms with Crippen molar-refractivity contribution in [3.63, 3.8) is 0 Å². The average Bonchev–Trinajstić information content (AvgIpc) is 2.03. The van der Waals surface area contributed by atoms with Gasteiger partial charge in [-0.2, -0.15) is 0 Å². The molecule has 64 valence electrons. The third kappa shape index (κ3) is 1.55. The van der Waals surface area contributed by atoms with Crippen molar-refractivity contribution in [2.75, 3.05) is 7.11 Å². The lowest BCUT2D eigenvalue weighted by molar-refractivity contribution is 0.411. The summed E-state index contributed by atoms with van der Waals surface area (Å²) >= 11 is 3.23. The van der Waals surface area contributed by atoms with Gasteiger partial charge in [-0.25, -0.2) is 0 Å². The summed E-state index contributed by atoms with van der Waals surface area (Å²) in [7, 11) is 1.51. The molecule has 5 heteroatoms. The van der Waals surface area contributed by atoms with Crippen LogP contribution >= 0.6 is 15.9 Å². The summed E-state index contributed by atoms with van der Waals surface area (Å²) in [6, 6.07) is 0. The zero-order valence-corrected chi connectivity index (χ0v) is 8.05. The Morgan fingerprint density at radius 3 is 2.75 bits per heavy atom. The van der Waals surface area contributed by atoms with Crippen LogP contribution in [0.25, 0.3) is 0 Å².